The maximum atomic E-state index is 12.0. The molecule has 1 heterocycles. The van der Waals surface area contributed by atoms with Gasteiger partial charge in [-0.05, 0) is 24.1 Å². The number of hydrogen-bond acceptors (Lipinski definition) is 4. The summed E-state index contributed by atoms with van der Waals surface area (Å²) < 4.78 is 39.9. The van der Waals surface area contributed by atoms with E-state index in [1.54, 1.807) is 23.9 Å². The zero-order valence-corrected chi connectivity index (χ0v) is 12.2. The molecule has 1 fully saturated rings. The topological polar surface area (TPSA) is 29.5 Å². The lowest BCUT2D eigenvalue weighted by Gasteiger charge is -2.25. The molecule has 1 aromatic carbocycles. The number of halogens is 3. The molecule has 2 rings (SSSR count). The second-order valence-electron chi connectivity index (χ2n) is 4.45. The lowest BCUT2D eigenvalue weighted by molar-refractivity contribution is -0.274. The van der Waals surface area contributed by atoms with Crippen LogP contribution in [0.15, 0.2) is 24.3 Å². The molecule has 0 spiro atoms. The molecule has 2 nitrogen and oxygen atoms in total. The minimum Gasteiger partial charge on any atom is -0.406 e. The highest BCUT2D eigenvalue weighted by molar-refractivity contribution is 8.06. The maximum absolute atomic E-state index is 12.0. The predicted molar refractivity (Wildman–Crippen MR) is 76.4 cm³/mol. The molecule has 1 aromatic rings. The van der Waals surface area contributed by atoms with E-state index >= 15 is 0 Å². The summed E-state index contributed by atoms with van der Waals surface area (Å²) in [6, 6.07) is 5.67. The summed E-state index contributed by atoms with van der Waals surface area (Å²) in [5, 5.41) is 10.3. The van der Waals surface area contributed by atoms with Gasteiger partial charge in [-0.2, -0.15) is 23.5 Å². The van der Waals surface area contributed by atoms with Gasteiger partial charge in [-0.15, -0.1) is 13.2 Å². The summed E-state index contributed by atoms with van der Waals surface area (Å²) in [5.41, 5.74) is 0.809. The molecule has 1 N–H and O–H groups in total. The highest BCUT2D eigenvalue weighted by Gasteiger charge is 2.31. The third-order valence-corrected chi connectivity index (χ3v) is 5.78. The molecule has 1 aliphatic heterocycles. The van der Waals surface area contributed by atoms with Gasteiger partial charge in [-0.1, -0.05) is 12.1 Å². The molecule has 2 unspecified atom stereocenters. The van der Waals surface area contributed by atoms with Gasteiger partial charge in [0.15, 0.2) is 0 Å². The van der Waals surface area contributed by atoms with E-state index in [1.165, 1.54) is 12.1 Å². The Labute approximate surface area is 124 Å². The van der Waals surface area contributed by atoms with Crippen molar-refractivity contribution < 1.29 is 23.0 Å². The van der Waals surface area contributed by atoms with Crippen LogP contribution in [0, 0.1) is 0 Å². The van der Waals surface area contributed by atoms with Crippen LogP contribution in [0.1, 0.15) is 5.56 Å². The van der Waals surface area contributed by atoms with Gasteiger partial charge in [0.25, 0.3) is 0 Å². The molecular weight excluding hydrogens is 309 g/mol. The Hall–Kier alpha value is -0.530. The fourth-order valence-corrected chi connectivity index (χ4v) is 4.70. The van der Waals surface area contributed by atoms with Gasteiger partial charge < -0.3 is 9.84 Å². The Kier molecular flexibility index (Phi) is 5.51. The Bertz CT molecular complexity index is 417. The fourth-order valence-electron chi connectivity index (χ4n) is 1.93. The van der Waals surface area contributed by atoms with Crippen LogP contribution in [-0.2, 0) is 6.42 Å². The van der Waals surface area contributed by atoms with E-state index in [4.69, 9.17) is 0 Å². The first kappa shape index (κ1) is 15.9. The number of benzene rings is 1. The minimum absolute atomic E-state index is 0.194. The zero-order chi connectivity index (χ0) is 14.6. The Morgan fingerprint density at radius 1 is 1.25 bits per heavy atom. The minimum atomic E-state index is -4.67. The molecule has 0 amide bonds. The number of aliphatic hydroxyl groups is 1. The van der Waals surface area contributed by atoms with Gasteiger partial charge in [0, 0.05) is 22.5 Å². The largest absolute Gasteiger partial charge is 0.573 e. The van der Waals surface area contributed by atoms with Crippen LogP contribution in [0.5, 0.6) is 5.75 Å². The van der Waals surface area contributed by atoms with Crippen molar-refractivity contribution in [2.24, 2.45) is 0 Å². The summed E-state index contributed by atoms with van der Waals surface area (Å²) in [4.78, 5) is 0. The van der Waals surface area contributed by atoms with E-state index in [-0.39, 0.29) is 11.0 Å². The van der Waals surface area contributed by atoms with E-state index in [9.17, 15) is 18.3 Å². The summed E-state index contributed by atoms with van der Waals surface area (Å²) >= 11 is 3.58. The monoisotopic (exact) mass is 324 g/mol. The number of alkyl halides is 3. The van der Waals surface area contributed by atoms with E-state index in [0.29, 0.717) is 6.42 Å². The van der Waals surface area contributed by atoms with E-state index in [0.717, 1.165) is 22.8 Å². The van der Waals surface area contributed by atoms with Crippen molar-refractivity contribution in [1.82, 2.24) is 0 Å². The molecule has 0 aliphatic carbocycles. The Morgan fingerprint density at radius 3 is 2.50 bits per heavy atom. The molecule has 1 saturated heterocycles. The highest BCUT2D eigenvalue weighted by Crippen LogP contribution is 2.28. The average Bonchev–Trinajstić information content (AvgIpc) is 2.40. The second kappa shape index (κ2) is 6.95. The highest BCUT2D eigenvalue weighted by atomic mass is 32.2. The third kappa shape index (κ3) is 5.10. The quantitative estimate of drug-likeness (QED) is 0.920. The van der Waals surface area contributed by atoms with Crippen molar-refractivity contribution in [3.05, 3.63) is 29.8 Å². The van der Waals surface area contributed by atoms with Crippen LogP contribution in [-0.4, -0.2) is 40.1 Å². The summed E-state index contributed by atoms with van der Waals surface area (Å²) in [5.74, 6) is 2.82. The molecule has 0 radical (unpaired) electrons. The summed E-state index contributed by atoms with van der Waals surface area (Å²) in [6.45, 7) is 0. The van der Waals surface area contributed by atoms with Crippen molar-refractivity contribution in [2.75, 3.05) is 17.3 Å². The molecular formula is C13H15F3O2S2. The lowest BCUT2D eigenvalue weighted by atomic mass is 10.1. The number of aliphatic hydroxyl groups excluding tert-OH is 1. The van der Waals surface area contributed by atoms with Gasteiger partial charge in [0.05, 0.1) is 6.10 Å². The van der Waals surface area contributed by atoms with E-state index in [1.807, 2.05) is 11.8 Å². The normalized spacial score (nSPS) is 21.5. The fraction of sp³-hybridized carbons (Fsp3) is 0.538. The van der Waals surface area contributed by atoms with Crippen molar-refractivity contribution in [2.45, 2.75) is 24.1 Å². The number of thioether (sulfide) groups is 2. The second-order valence-corrected chi connectivity index (χ2v) is 6.94. The van der Waals surface area contributed by atoms with Crippen LogP contribution in [0.2, 0.25) is 0 Å². The van der Waals surface area contributed by atoms with E-state index in [2.05, 4.69) is 4.74 Å². The van der Waals surface area contributed by atoms with Gasteiger partial charge in [-0.25, -0.2) is 0 Å². The lowest BCUT2D eigenvalue weighted by Crippen LogP contribution is -2.30. The standard InChI is InChI=1S/C13H15F3O2S2/c14-13(15,16)18-10-3-1-9(2-4-10)7-11(17)12-8-19-5-6-20-12/h1-4,11-12,17H,5-8H2. The van der Waals surface area contributed by atoms with Gasteiger partial charge in [-0.3, -0.25) is 0 Å². The molecule has 0 bridgehead atoms. The molecule has 0 aromatic heterocycles. The third-order valence-electron chi connectivity index (χ3n) is 2.87. The van der Waals surface area contributed by atoms with Gasteiger partial charge in [0.2, 0.25) is 0 Å². The van der Waals surface area contributed by atoms with Gasteiger partial charge >= 0.3 is 6.36 Å². The first-order chi connectivity index (χ1) is 9.44. The Balaban J connectivity index is 1.89. The van der Waals surface area contributed by atoms with E-state index < -0.39 is 12.5 Å². The molecule has 0 saturated carbocycles. The van der Waals surface area contributed by atoms with Crippen LogP contribution in [0.25, 0.3) is 0 Å². The first-order valence-corrected chi connectivity index (χ1v) is 8.36. The smallest absolute Gasteiger partial charge is 0.406 e. The molecule has 20 heavy (non-hydrogen) atoms. The molecule has 112 valence electrons. The van der Waals surface area contributed by atoms with Crippen molar-refractivity contribution >= 4 is 23.5 Å². The van der Waals surface area contributed by atoms with Crippen LogP contribution < -0.4 is 4.74 Å². The Morgan fingerprint density at radius 2 is 1.95 bits per heavy atom. The van der Waals surface area contributed by atoms with Crippen molar-refractivity contribution in [3.8, 4) is 5.75 Å². The first-order valence-electron chi connectivity index (χ1n) is 6.16. The van der Waals surface area contributed by atoms with Crippen LogP contribution >= 0.6 is 23.5 Å². The average molecular weight is 324 g/mol. The number of ether oxygens (including phenoxy) is 1. The molecule has 1 aliphatic rings. The predicted octanol–water partition coefficient (Wildman–Crippen LogP) is 3.34. The summed E-state index contributed by atoms with van der Waals surface area (Å²) in [6.07, 6.45) is -4.69. The summed E-state index contributed by atoms with van der Waals surface area (Å²) in [7, 11) is 0. The molecule has 2 atom stereocenters. The van der Waals surface area contributed by atoms with Crippen LogP contribution in [0.3, 0.4) is 0 Å². The number of rotatable bonds is 4. The number of hydrogen-bond donors (Lipinski definition) is 1. The van der Waals surface area contributed by atoms with Crippen molar-refractivity contribution in [1.29, 1.82) is 0 Å². The van der Waals surface area contributed by atoms with Gasteiger partial charge in [0.1, 0.15) is 5.75 Å². The molecule has 7 heteroatoms. The maximum Gasteiger partial charge on any atom is 0.573 e. The van der Waals surface area contributed by atoms with Crippen molar-refractivity contribution in [3.63, 3.8) is 0 Å². The zero-order valence-electron chi connectivity index (χ0n) is 10.6. The SMILES string of the molecule is OC(Cc1ccc(OC(F)(F)F)cc1)C1CSCCS1. The van der Waals surface area contributed by atoms with Crippen LogP contribution in [0.4, 0.5) is 13.2 Å².